The minimum absolute atomic E-state index is 0.0678. The molecular weight excluding hydrogens is 376 g/mol. The van der Waals surface area contributed by atoms with Crippen LogP contribution in [0.3, 0.4) is 0 Å². The molecule has 0 fully saturated rings. The molecule has 0 spiro atoms. The molecule has 1 aromatic carbocycles. The molecule has 8 nitrogen and oxygen atoms in total. The molecule has 0 saturated carbocycles. The van der Waals surface area contributed by atoms with Crippen LogP contribution >= 0.6 is 12.2 Å². The molecule has 0 saturated heterocycles. The van der Waals surface area contributed by atoms with E-state index in [0.717, 1.165) is 11.1 Å². The summed E-state index contributed by atoms with van der Waals surface area (Å²) in [6.45, 7) is 8.82. The van der Waals surface area contributed by atoms with Gasteiger partial charge in [0.05, 0.1) is 6.54 Å². The fraction of sp³-hybridized carbons (Fsp3) is 0.316. The number of benzene rings is 1. The Kier molecular flexibility index (Phi) is 5.84. The second-order valence-electron chi connectivity index (χ2n) is 6.93. The first-order valence-corrected chi connectivity index (χ1v) is 9.30. The van der Waals surface area contributed by atoms with Crippen LogP contribution in [-0.4, -0.2) is 31.2 Å². The quantitative estimate of drug-likeness (QED) is 0.636. The Bertz CT molecular complexity index is 1010. The van der Waals surface area contributed by atoms with E-state index < -0.39 is 5.91 Å². The summed E-state index contributed by atoms with van der Waals surface area (Å²) in [7, 11) is 0. The Morgan fingerprint density at radius 1 is 1.21 bits per heavy atom. The van der Waals surface area contributed by atoms with E-state index in [9.17, 15) is 4.79 Å². The van der Waals surface area contributed by atoms with Gasteiger partial charge in [-0.1, -0.05) is 31.1 Å². The number of hydrogen-bond donors (Lipinski definition) is 2. The van der Waals surface area contributed by atoms with Crippen molar-refractivity contribution in [1.29, 1.82) is 0 Å². The van der Waals surface area contributed by atoms with E-state index >= 15 is 0 Å². The number of carbonyl (C=O) groups is 1. The largest absolute Gasteiger partial charge is 0.451 e. The Labute approximate surface area is 168 Å². The molecule has 28 heavy (non-hydrogen) atoms. The van der Waals surface area contributed by atoms with Crippen molar-refractivity contribution < 1.29 is 9.21 Å². The normalized spacial score (nSPS) is 10.9. The van der Waals surface area contributed by atoms with Crippen molar-refractivity contribution >= 4 is 29.2 Å². The van der Waals surface area contributed by atoms with Gasteiger partial charge in [0, 0.05) is 5.56 Å². The van der Waals surface area contributed by atoms with Crippen LogP contribution in [0.2, 0.25) is 0 Å². The highest BCUT2D eigenvalue weighted by molar-refractivity contribution is 7.80. The molecule has 0 unspecified atom stereocenters. The number of furan rings is 1. The summed E-state index contributed by atoms with van der Waals surface area (Å²) >= 11 is 5.14. The van der Waals surface area contributed by atoms with Gasteiger partial charge in [-0.2, -0.15) is 4.80 Å². The second kappa shape index (κ2) is 8.30. The van der Waals surface area contributed by atoms with Crippen molar-refractivity contribution in [2.45, 2.75) is 34.2 Å². The second-order valence-corrected chi connectivity index (χ2v) is 7.34. The lowest BCUT2D eigenvalue weighted by Crippen LogP contribution is -2.34. The van der Waals surface area contributed by atoms with Crippen LogP contribution in [0.25, 0.3) is 11.3 Å². The Hall–Kier alpha value is -3.07. The first kappa shape index (κ1) is 19.7. The maximum atomic E-state index is 12.4. The molecule has 3 rings (SSSR count). The third kappa shape index (κ3) is 4.80. The predicted octanol–water partition coefficient (Wildman–Crippen LogP) is 3.33. The van der Waals surface area contributed by atoms with E-state index in [1.165, 1.54) is 10.4 Å². The van der Waals surface area contributed by atoms with Gasteiger partial charge >= 0.3 is 0 Å². The van der Waals surface area contributed by atoms with Crippen molar-refractivity contribution in [2.75, 3.05) is 5.32 Å². The first-order chi connectivity index (χ1) is 13.3. The maximum Gasteiger partial charge on any atom is 0.293 e. The zero-order valence-corrected chi connectivity index (χ0v) is 17.0. The van der Waals surface area contributed by atoms with E-state index in [-0.39, 0.29) is 16.8 Å². The van der Waals surface area contributed by atoms with Crippen LogP contribution in [0.15, 0.2) is 34.7 Å². The molecule has 9 heteroatoms. The Morgan fingerprint density at radius 3 is 2.71 bits per heavy atom. The number of aryl methyl sites for hydroxylation is 2. The van der Waals surface area contributed by atoms with Crippen molar-refractivity contribution in [1.82, 2.24) is 25.5 Å². The SMILES string of the molecule is Cc1ccc(-c2ccc(C(=O)NC(=S)Nc3nnn(CC(C)C)n3)o2)cc1C. The fourth-order valence-corrected chi connectivity index (χ4v) is 2.69. The minimum Gasteiger partial charge on any atom is -0.451 e. The van der Waals surface area contributed by atoms with E-state index in [1.54, 1.807) is 12.1 Å². The molecular formula is C19H22N6O2S. The van der Waals surface area contributed by atoms with E-state index in [1.807, 2.05) is 32.0 Å². The van der Waals surface area contributed by atoms with E-state index in [0.29, 0.717) is 18.2 Å². The fourth-order valence-electron chi connectivity index (χ4n) is 2.50. The summed E-state index contributed by atoms with van der Waals surface area (Å²) in [6.07, 6.45) is 0. The number of thiocarbonyl (C=S) groups is 1. The summed E-state index contributed by atoms with van der Waals surface area (Å²) in [5.74, 6) is 0.932. The smallest absolute Gasteiger partial charge is 0.293 e. The predicted molar refractivity (Wildman–Crippen MR) is 110 cm³/mol. The van der Waals surface area contributed by atoms with Crippen molar-refractivity contribution in [3.63, 3.8) is 0 Å². The molecule has 2 heterocycles. The van der Waals surface area contributed by atoms with Crippen molar-refractivity contribution in [3.8, 4) is 11.3 Å². The van der Waals surface area contributed by atoms with E-state index in [2.05, 4.69) is 39.9 Å². The van der Waals surface area contributed by atoms with Gasteiger partial charge in [0.15, 0.2) is 10.9 Å². The Balaban J connectivity index is 1.61. The summed E-state index contributed by atoms with van der Waals surface area (Å²) in [5.41, 5.74) is 3.26. The molecule has 0 atom stereocenters. The monoisotopic (exact) mass is 398 g/mol. The standard InChI is InChI=1S/C19H22N6O2S/c1-11(2)10-25-23-18(22-24-25)21-19(28)20-17(26)16-8-7-15(27-16)14-6-5-12(3)13(4)9-14/h5-9,11H,10H2,1-4H3,(H2,20,21,23,26,28). The third-order valence-electron chi connectivity index (χ3n) is 4.05. The number of hydrogen-bond acceptors (Lipinski definition) is 6. The van der Waals surface area contributed by atoms with Crippen LogP contribution in [0.5, 0.6) is 0 Å². The van der Waals surface area contributed by atoms with Gasteiger partial charge in [0.25, 0.3) is 11.9 Å². The molecule has 0 radical (unpaired) electrons. The number of carbonyl (C=O) groups excluding carboxylic acids is 1. The molecule has 2 aromatic heterocycles. The molecule has 0 aliphatic heterocycles. The van der Waals surface area contributed by atoms with Gasteiger partial charge in [-0.3, -0.25) is 15.4 Å². The lowest BCUT2D eigenvalue weighted by molar-refractivity contribution is 0.0951. The zero-order valence-electron chi connectivity index (χ0n) is 16.2. The average Bonchev–Trinajstić information content (AvgIpc) is 3.26. The summed E-state index contributed by atoms with van der Waals surface area (Å²) in [5, 5.41) is 17.3. The highest BCUT2D eigenvalue weighted by Gasteiger charge is 2.15. The molecule has 3 aromatic rings. The van der Waals surface area contributed by atoms with Crippen LogP contribution in [-0.2, 0) is 6.54 Å². The van der Waals surface area contributed by atoms with E-state index in [4.69, 9.17) is 16.6 Å². The molecule has 0 bridgehead atoms. The third-order valence-corrected chi connectivity index (χ3v) is 4.26. The van der Waals surface area contributed by atoms with Gasteiger partial charge in [-0.25, -0.2) is 0 Å². The van der Waals surface area contributed by atoms with Crippen molar-refractivity contribution in [3.05, 3.63) is 47.2 Å². The number of tetrazole rings is 1. The van der Waals surface area contributed by atoms with Crippen LogP contribution in [0.4, 0.5) is 5.95 Å². The van der Waals surface area contributed by atoms with Crippen molar-refractivity contribution in [2.24, 2.45) is 5.92 Å². The highest BCUT2D eigenvalue weighted by atomic mass is 32.1. The van der Waals surface area contributed by atoms with Crippen LogP contribution in [0.1, 0.15) is 35.5 Å². The number of aromatic nitrogens is 4. The van der Waals surface area contributed by atoms with Gasteiger partial charge in [0.1, 0.15) is 5.76 Å². The summed E-state index contributed by atoms with van der Waals surface area (Å²) in [6, 6.07) is 9.37. The number of nitrogens with zero attached hydrogens (tertiary/aromatic N) is 4. The first-order valence-electron chi connectivity index (χ1n) is 8.89. The molecule has 0 aliphatic carbocycles. The number of rotatable bonds is 5. The molecule has 146 valence electrons. The number of nitrogens with one attached hydrogen (secondary N) is 2. The zero-order chi connectivity index (χ0) is 20.3. The van der Waals surface area contributed by atoms with Gasteiger partial charge in [-0.15, -0.1) is 5.10 Å². The lowest BCUT2D eigenvalue weighted by atomic mass is 10.1. The molecule has 1 amide bonds. The van der Waals surface area contributed by atoms with Gasteiger partial charge < -0.3 is 4.42 Å². The molecule has 2 N–H and O–H groups in total. The minimum atomic E-state index is -0.456. The number of anilines is 1. The van der Waals surface area contributed by atoms with Crippen LogP contribution < -0.4 is 10.6 Å². The average molecular weight is 398 g/mol. The maximum absolute atomic E-state index is 12.4. The van der Waals surface area contributed by atoms with Crippen LogP contribution in [0, 0.1) is 19.8 Å². The highest BCUT2D eigenvalue weighted by Crippen LogP contribution is 2.24. The number of amides is 1. The summed E-state index contributed by atoms with van der Waals surface area (Å²) < 4.78 is 5.68. The molecule has 0 aliphatic rings. The lowest BCUT2D eigenvalue weighted by Gasteiger charge is -2.05. The van der Waals surface area contributed by atoms with Gasteiger partial charge in [0.2, 0.25) is 0 Å². The topological polar surface area (TPSA) is 97.9 Å². The summed E-state index contributed by atoms with van der Waals surface area (Å²) in [4.78, 5) is 13.8. The Morgan fingerprint density at radius 2 is 2.00 bits per heavy atom. The van der Waals surface area contributed by atoms with Gasteiger partial charge in [-0.05, 0) is 66.5 Å².